The Labute approximate surface area is 72.9 Å². The smallest absolute Gasteiger partial charge is 0.303 e. The number of nitrogens with two attached hydrogens (primary N) is 1. The summed E-state index contributed by atoms with van der Waals surface area (Å²) in [6.45, 7) is 4.76. The van der Waals surface area contributed by atoms with Crippen LogP contribution < -0.4 is 5.73 Å². The van der Waals surface area contributed by atoms with E-state index in [2.05, 4.69) is 13.8 Å². The topological polar surface area (TPSA) is 63.3 Å². The molecule has 0 saturated heterocycles. The Balaban J connectivity index is 2.60. The van der Waals surface area contributed by atoms with Crippen molar-refractivity contribution >= 4 is 5.97 Å². The first-order valence-corrected chi connectivity index (χ1v) is 4.44. The van der Waals surface area contributed by atoms with Gasteiger partial charge in [-0.25, -0.2) is 0 Å². The minimum atomic E-state index is -0.723. The fraction of sp³-hybridized carbons (Fsp3) is 0.889. The van der Waals surface area contributed by atoms with Crippen LogP contribution in [0.25, 0.3) is 0 Å². The molecule has 0 aromatic rings. The predicted molar refractivity (Wildman–Crippen MR) is 46.7 cm³/mol. The molecule has 1 saturated carbocycles. The number of aliphatic carboxylic acids is 1. The lowest BCUT2D eigenvalue weighted by Gasteiger charge is -2.52. The van der Waals surface area contributed by atoms with E-state index in [-0.39, 0.29) is 11.8 Å². The molecule has 0 heterocycles. The first-order valence-electron chi connectivity index (χ1n) is 4.44. The van der Waals surface area contributed by atoms with Crippen molar-refractivity contribution in [2.45, 2.75) is 26.7 Å². The van der Waals surface area contributed by atoms with Gasteiger partial charge in [-0.3, -0.25) is 4.79 Å². The first kappa shape index (κ1) is 9.52. The molecular formula is C9H17NO2. The number of hydrogen-bond acceptors (Lipinski definition) is 2. The molecule has 3 N–H and O–H groups in total. The van der Waals surface area contributed by atoms with Crippen LogP contribution in [0.2, 0.25) is 0 Å². The molecule has 12 heavy (non-hydrogen) atoms. The molecule has 3 nitrogen and oxygen atoms in total. The van der Waals surface area contributed by atoms with Gasteiger partial charge in [-0.05, 0) is 30.2 Å². The Morgan fingerprint density at radius 1 is 1.67 bits per heavy atom. The third-order valence-electron chi connectivity index (χ3n) is 3.46. The maximum atomic E-state index is 10.6. The summed E-state index contributed by atoms with van der Waals surface area (Å²) in [5.41, 5.74) is 5.50. The van der Waals surface area contributed by atoms with E-state index >= 15 is 0 Å². The molecule has 1 fully saturated rings. The van der Waals surface area contributed by atoms with Crippen molar-refractivity contribution in [1.82, 2.24) is 0 Å². The van der Waals surface area contributed by atoms with Gasteiger partial charge >= 0.3 is 5.97 Å². The first-order chi connectivity index (χ1) is 5.52. The molecule has 0 aromatic carbocycles. The fourth-order valence-corrected chi connectivity index (χ4v) is 2.32. The van der Waals surface area contributed by atoms with Crippen molar-refractivity contribution < 1.29 is 9.90 Å². The minimum Gasteiger partial charge on any atom is -0.481 e. The summed E-state index contributed by atoms with van der Waals surface area (Å²) in [5.74, 6) is 0.366. The van der Waals surface area contributed by atoms with Crippen LogP contribution in [0.4, 0.5) is 0 Å². The third-order valence-corrected chi connectivity index (χ3v) is 3.46. The summed E-state index contributed by atoms with van der Waals surface area (Å²) in [4.78, 5) is 10.6. The molecule has 0 bridgehead atoms. The molecule has 1 rings (SSSR count). The van der Waals surface area contributed by atoms with Gasteiger partial charge in [0.25, 0.3) is 0 Å². The number of hydrogen-bond donors (Lipinski definition) is 2. The Kier molecular flexibility index (Phi) is 2.42. The highest BCUT2D eigenvalue weighted by Gasteiger charge is 2.49. The van der Waals surface area contributed by atoms with Gasteiger partial charge in [0.2, 0.25) is 0 Å². The summed E-state index contributed by atoms with van der Waals surface area (Å²) in [5, 5.41) is 8.69. The number of carbonyl (C=O) groups is 1. The average Bonchev–Trinajstić information content (AvgIpc) is 2.02. The van der Waals surface area contributed by atoms with Crippen LogP contribution in [0.1, 0.15) is 26.7 Å². The van der Waals surface area contributed by atoms with E-state index < -0.39 is 5.97 Å². The average molecular weight is 171 g/mol. The molecule has 3 atom stereocenters. The second-order valence-electron chi connectivity index (χ2n) is 4.11. The van der Waals surface area contributed by atoms with Crippen molar-refractivity contribution in [3.05, 3.63) is 0 Å². The molecule has 1 aliphatic rings. The zero-order valence-corrected chi connectivity index (χ0v) is 7.71. The third kappa shape index (κ3) is 1.33. The van der Waals surface area contributed by atoms with Gasteiger partial charge in [-0.1, -0.05) is 13.8 Å². The number of rotatable bonds is 3. The van der Waals surface area contributed by atoms with Crippen LogP contribution in [0, 0.1) is 17.3 Å². The van der Waals surface area contributed by atoms with Gasteiger partial charge in [-0.2, -0.15) is 0 Å². The molecule has 70 valence electrons. The van der Waals surface area contributed by atoms with E-state index in [4.69, 9.17) is 10.8 Å². The van der Waals surface area contributed by atoms with Gasteiger partial charge < -0.3 is 10.8 Å². The van der Waals surface area contributed by atoms with Crippen molar-refractivity contribution in [2.24, 2.45) is 23.0 Å². The van der Waals surface area contributed by atoms with Gasteiger partial charge in [0.15, 0.2) is 0 Å². The van der Waals surface area contributed by atoms with Gasteiger partial charge in [-0.15, -0.1) is 0 Å². The van der Waals surface area contributed by atoms with Crippen LogP contribution in [0.5, 0.6) is 0 Å². The molecule has 1 unspecified atom stereocenters. The van der Waals surface area contributed by atoms with Gasteiger partial charge in [0.1, 0.15) is 0 Å². The molecule has 0 amide bonds. The highest BCUT2D eigenvalue weighted by molar-refractivity contribution is 5.68. The van der Waals surface area contributed by atoms with E-state index in [1.54, 1.807) is 0 Å². The zero-order chi connectivity index (χ0) is 9.35. The van der Waals surface area contributed by atoms with E-state index in [9.17, 15) is 4.79 Å². The largest absolute Gasteiger partial charge is 0.481 e. The predicted octanol–water partition coefficient (Wildman–Crippen LogP) is 1.08. The maximum absolute atomic E-state index is 10.6. The van der Waals surface area contributed by atoms with Crippen molar-refractivity contribution in [1.29, 1.82) is 0 Å². The Hall–Kier alpha value is -0.570. The number of carboxylic acid groups (broad SMARTS) is 1. The lowest BCUT2D eigenvalue weighted by Crippen LogP contribution is -2.51. The lowest BCUT2D eigenvalue weighted by atomic mass is 9.53. The standard InChI is InChI=1S/C9H17NO2/c1-6-3-9(5-10,7(6)2)4-8(11)12/h6-7H,3-5,10H2,1-2H3,(H,11,12)/t6-,7?,9-/m0/s1. The summed E-state index contributed by atoms with van der Waals surface area (Å²) < 4.78 is 0. The van der Waals surface area contributed by atoms with Gasteiger partial charge in [0, 0.05) is 0 Å². The van der Waals surface area contributed by atoms with Crippen molar-refractivity contribution in [3.63, 3.8) is 0 Å². The van der Waals surface area contributed by atoms with Gasteiger partial charge in [0.05, 0.1) is 6.42 Å². The fourth-order valence-electron chi connectivity index (χ4n) is 2.32. The number of carboxylic acids is 1. The van der Waals surface area contributed by atoms with Crippen molar-refractivity contribution in [2.75, 3.05) is 6.54 Å². The Bertz CT molecular complexity index is 193. The van der Waals surface area contributed by atoms with E-state index in [1.165, 1.54) is 0 Å². The van der Waals surface area contributed by atoms with Crippen LogP contribution >= 0.6 is 0 Å². The Morgan fingerprint density at radius 3 is 2.50 bits per heavy atom. The van der Waals surface area contributed by atoms with Crippen molar-refractivity contribution in [3.8, 4) is 0 Å². The van der Waals surface area contributed by atoms with Crippen LogP contribution in [0.3, 0.4) is 0 Å². The minimum absolute atomic E-state index is 0.106. The van der Waals surface area contributed by atoms with E-state index in [0.29, 0.717) is 18.4 Å². The lowest BCUT2D eigenvalue weighted by molar-refractivity contribution is -0.145. The van der Waals surface area contributed by atoms with E-state index in [1.807, 2.05) is 0 Å². The summed E-state index contributed by atoms with van der Waals surface area (Å²) in [6, 6.07) is 0. The molecule has 3 heteroatoms. The molecule has 0 radical (unpaired) electrons. The second kappa shape index (κ2) is 3.05. The maximum Gasteiger partial charge on any atom is 0.303 e. The summed E-state index contributed by atoms with van der Waals surface area (Å²) in [7, 11) is 0. The monoisotopic (exact) mass is 171 g/mol. The summed E-state index contributed by atoms with van der Waals surface area (Å²) in [6.07, 6.45) is 1.20. The summed E-state index contributed by atoms with van der Waals surface area (Å²) >= 11 is 0. The van der Waals surface area contributed by atoms with Crippen LogP contribution in [-0.2, 0) is 4.79 Å². The SMILES string of the molecule is CC1[C@@H](C)C[C@@]1(CN)CC(=O)O. The van der Waals surface area contributed by atoms with E-state index in [0.717, 1.165) is 6.42 Å². The highest BCUT2D eigenvalue weighted by atomic mass is 16.4. The molecular weight excluding hydrogens is 154 g/mol. The zero-order valence-electron chi connectivity index (χ0n) is 7.71. The second-order valence-corrected chi connectivity index (χ2v) is 4.11. The quantitative estimate of drug-likeness (QED) is 0.668. The Morgan fingerprint density at radius 2 is 2.25 bits per heavy atom. The van der Waals surface area contributed by atoms with Crippen LogP contribution in [0.15, 0.2) is 0 Å². The molecule has 1 aliphatic carbocycles. The highest BCUT2D eigenvalue weighted by Crippen LogP contribution is 2.52. The molecule has 0 aliphatic heterocycles. The van der Waals surface area contributed by atoms with Crippen LogP contribution in [-0.4, -0.2) is 17.6 Å². The molecule has 0 aromatic heterocycles. The normalized spacial score (nSPS) is 40.6. The molecule has 0 spiro atoms.